The van der Waals surface area contributed by atoms with Crippen molar-refractivity contribution in [3.05, 3.63) is 59.2 Å². The molecule has 0 spiro atoms. The van der Waals surface area contributed by atoms with Crippen LogP contribution in [0.4, 0.5) is 14.5 Å². The first-order valence-corrected chi connectivity index (χ1v) is 8.65. The van der Waals surface area contributed by atoms with E-state index in [-0.39, 0.29) is 5.56 Å². The highest BCUT2D eigenvalue weighted by Gasteiger charge is 2.15. The Balaban J connectivity index is 2.18. The predicted molar refractivity (Wildman–Crippen MR) is 96.5 cm³/mol. The van der Waals surface area contributed by atoms with Crippen LogP contribution in [-0.2, 0) is 11.3 Å². The van der Waals surface area contributed by atoms with Crippen molar-refractivity contribution in [1.29, 1.82) is 0 Å². The Hall–Kier alpha value is -2.47. The van der Waals surface area contributed by atoms with Crippen molar-refractivity contribution < 1.29 is 23.0 Å². The van der Waals surface area contributed by atoms with E-state index in [4.69, 9.17) is 9.47 Å². The van der Waals surface area contributed by atoms with Crippen molar-refractivity contribution in [1.82, 2.24) is 0 Å². The summed E-state index contributed by atoms with van der Waals surface area (Å²) in [6.45, 7) is 5.32. The van der Waals surface area contributed by atoms with Gasteiger partial charge in [0.15, 0.2) is 0 Å². The second kappa shape index (κ2) is 9.87. The number of halogens is 2. The first-order chi connectivity index (χ1) is 12.6. The van der Waals surface area contributed by atoms with Gasteiger partial charge in [0.2, 0.25) is 0 Å². The maximum Gasteiger partial charge on any atom is 0.255 e. The van der Waals surface area contributed by atoms with Gasteiger partial charge >= 0.3 is 0 Å². The number of unbranched alkanes of at least 4 members (excludes halogenated alkanes) is 1. The number of nitrogens with one attached hydrogen (secondary N) is 1. The second-order valence-corrected chi connectivity index (χ2v) is 5.71. The Labute approximate surface area is 152 Å². The van der Waals surface area contributed by atoms with Gasteiger partial charge in [-0.15, -0.1) is 0 Å². The molecule has 2 aromatic carbocycles. The van der Waals surface area contributed by atoms with Crippen molar-refractivity contribution in [2.24, 2.45) is 0 Å². The number of hydrogen-bond donors (Lipinski definition) is 1. The SMILES string of the molecule is CCCCOCc1cc(C(=O)Nc2c(F)cccc2F)ccc1OCC. The van der Waals surface area contributed by atoms with Gasteiger partial charge in [-0.1, -0.05) is 19.4 Å². The fraction of sp³-hybridized carbons (Fsp3) is 0.350. The maximum atomic E-state index is 13.7. The van der Waals surface area contributed by atoms with Crippen molar-refractivity contribution in [2.45, 2.75) is 33.3 Å². The molecule has 2 rings (SSSR count). The second-order valence-electron chi connectivity index (χ2n) is 5.71. The first kappa shape index (κ1) is 19.8. The molecule has 6 heteroatoms. The molecule has 0 aliphatic rings. The normalized spacial score (nSPS) is 10.6. The summed E-state index contributed by atoms with van der Waals surface area (Å²) >= 11 is 0. The lowest BCUT2D eigenvalue weighted by Crippen LogP contribution is -2.15. The molecule has 1 amide bonds. The number of para-hydroxylation sites is 1. The zero-order valence-corrected chi connectivity index (χ0v) is 15.0. The van der Waals surface area contributed by atoms with Gasteiger partial charge < -0.3 is 14.8 Å². The molecule has 0 fully saturated rings. The Morgan fingerprint density at radius 1 is 1.12 bits per heavy atom. The topological polar surface area (TPSA) is 47.6 Å². The summed E-state index contributed by atoms with van der Waals surface area (Å²) in [4.78, 5) is 12.4. The third-order valence-corrected chi connectivity index (χ3v) is 3.72. The summed E-state index contributed by atoms with van der Waals surface area (Å²) in [6.07, 6.45) is 1.96. The molecule has 0 aromatic heterocycles. The number of amides is 1. The molecule has 140 valence electrons. The Kier molecular flexibility index (Phi) is 7.53. The molecule has 4 nitrogen and oxygen atoms in total. The molecule has 0 atom stereocenters. The van der Waals surface area contributed by atoms with Gasteiger partial charge in [-0.2, -0.15) is 0 Å². The van der Waals surface area contributed by atoms with Crippen LogP contribution in [-0.4, -0.2) is 19.1 Å². The average molecular weight is 363 g/mol. The predicted octanol–water partition coefficient (Wildman–Crippen LogP) is 4.93. The van der Waals surface area contributed by atoms with Crippen molar-refractivity contribution in [3.8, 4) is 5.75 Å². The quantitative estimate of drug-likeness (QED) is 0.643. The van der Waals surface area contributed by atoms with Gasteiger partial charge in [0.25, 0.3) is 5.91 Å². The molecule has 0 radical (unpaired) electrons. The van der Waals surface area contributed by atoms with E-state index < -0.39 is 23.2 Å². The van der Waals surface area contributed by atoms with Crippen LogP contribution in [0.2, 0.25) is 0 Å². The van der Waals surface area contributed by atoms with Crippen LogP contribution in [0, 0.1) is 11.6 Å². The smallest absolute Gasteiger partial charge is 0.255 e. The highest BCUT2D eigenvalue weighted by Crippen LogP contribution is 2.23. The van der Waals surface area contributed by atoms with Gasteiger partial charge in [0.1, 0.15) is 23.1 Å². The fourth-order valence-corrected chi connectivity index (χ4v) is 2.36. The van der Waals surface area contributed by atoms with E-state index >= 15 is 0 Å². The molecule has 0 heterocycles. The van der Waals surface area contributed by atoms with E-state index in [1.165, 1.54) is 6.07 Å². The fourth-order valence-electron chi connectivity index (χ4n) is 2.36. The van der Waals surface area contributed by atoms with Crippen LogP contribution >= 0.6 is 0 Å². The number of ether oxygens (including phenoxy) is 2. The molecule has 0 bridgehead atoms. The molecule has 2 aromatic rings. The van der Waals surface area contributed by atoms with Crippen LogP contribution in [0.1, 0.15) is 42.6 Å². The number of rotatable bonds is 9. The summed E-state index contributed by atoms with van der Waals surface area (Å²) in [7, 11) is 0. The van der Waals surface area contributed by atoms with Crippen LogP contribution in [0.5, 0.6) is 5.75 Å². The minimum Gasteiger partial charge on any atom is -0.494 e. The third kappa shape index (κ3) is 5.26. The monoisotopic (exact) mass is 363 g/mol. The summed E-state index contributed by atoms with van der Waals surface area (Å²) in [5, 5.41) is 2.28. The summed E-state index contributed by atoms with van der Waals surface area (Å²) in [5.74, 6) is -1.63. The summed E-state index contributed by atoms with van der Waals surface area (Å²) in [6, 6.07) is 8.24. The van der Waals surface area contributed by atoms with Gasteiger partial charge in [-0.3, -0.25) is 4.79 Å². The Morgan fingerprint density at radius 3 is 2.50 bits per heavy atom. The zero-order chi connectivity index (χ0) is 18.9. The average Bonchev–Trinajstić information content (AvgIpc) is 2.63. The minimum atomic E-state index is -0.826. The van der Waals surface area contributed by atoms with Crippen LogP contribution in [0.15, 0.2) is 36.4 Å². The van der Waals surface area contributed by atoms with E-state index in [0.29, 0.717) is 31.1 Å². The molecule has 0 saturated heterocycles. The molecular weight excluding hydrogens is 340 g/mol. The molecule has 0 aliphatic heterocycles. The first-order valence-electron chi connectivity index (χ1n) is 8.65. The van der Waals surface area contributed by atoms with E-state index in [9.17, 15) is 13.6 Å². The zero-order valence-electron chi connectivity index (χ0n) is 15.0. The van der Waals surface area contributed by atoms with Crippen molar-refractivity contribution in [2.75, 3.05) is 18.5 Å². The van der Waals surface area contributed by atoms with Gasteiger partial charge in [0, 0.05) is 17.7 Å². The molecular formula is C20H23F2NO3. The third-order valence-electron chi connectivity index (χ3n) is 3.72. The molecule has 0 aliphatic carbocycles. The highest BCUT2D eigenvalue weighted by molar-refractivity contribution is 6.04. The van der Waals surface area contributed by atoms with Crippen LogP contribution in [0.3, 0.4) is 0 Å². The Morgan fingerprint density at radius 2 is 1.85 bits per heavy atom. The molecule has 26 heavy (non-hydrogen) atoms. The Bertz CT molecular complexity index is 730. The minimum absolute atomic E-state index is 0.269. The molecule has 0 unspecified atom stereocenters. The van der Waals surface area contributed by atoms with Crippen LogP contribution in [0.25, 0.3) is 0 Å². The van der Waals surface area contributed by atoms with E-state index in [1.807, 2.05) is 6.92 Å². The number of carbonyl (C=O) groups is 1. The maximum absolute atomic E-state index is 13.7. The van der Waals surface area contributed by atoms with Gasteiger partial charge in [0.05, 0.1) is 13.2 Å². The molecule has 1 N–H and O–H groups in total. The lowest BCUT2D eigenvalue weighted by molar-refractivity contribution is 0.102. The summed E-state index contributed by atoms with van der Waals surface area (Å²) in [5.41, 5.74) is 0.516. The van der Waals surface area contributed by atoms with Crippen molar-refractivity contribution >= 4 is 11.6 Å². The van der Waals surface area contributed by atoms with E-state index in [1.54, 1.807) is 18.2 Å². The number of hydrogen-bond acceptors (Lipinski definition) is 3. The standard InChI is InChI=1S/C20H23F2NO3/c1-3-5-11-25-13-15-12-14(9-10-18(15)26-4-2)20(24)23-19-16(21)7-6-8-17(19)22/h6-10,12H,3-5,11,13H2,1-2H3,(H,23,24). The van der Waals surface area contributed by atoms with Crippen LogP contribution < -0.4 is 10.1 Å². The van der Waals surface area contributed by atoms with Gasteiger partial charge in [-0.25, -0.2) is 8.78 Å². The number of anilines is 1. The number of benzene rings is 2. The lowest BCUT2D eigenvalue weighted by atomic mass is 10.1. The number of carbonyl (C=O) groups excluding carboxylic acids is 1. The summed E-state index contributed by atoms with van der Waals surface area (Å²) < 4.78 is 38.6. The van der Waals surface area contributed by atoms with E-state index in [2.05, 4.69) is 12.2 Å². The van der Waals surface area contributed by atoms with Gasteiger partial charge in [-0.05, 0) is 43.7 Å². The van der Waals surface area contributed by atoms with E-state index in [0.717, 1.165) is 25.0 Å². The largest absolute Gasteiger partial charge is 0.494 e. The lowest BCUT2D eigenvalue weighted by Gasteiger charge is -2.13. The molecule has 0 saturated carbocycles. The van der Waals surface area contributed by atoms with Crippen molar-refractivity contribution in [3.63, 3.8) is 0 Å². The highest BCUT2D eigenvalue weighted by atomic mass is 19.1.